The molecular weight excluding hydrogens is 280 g/mol. The van der Waals surface area contributed by atoms with E-state index < -0.39 is 0 Å². The van der Waals surface area contributed by atoms with Crippen molar-refractivity contribution in [1.82, 2.24) is 9.55 Å². The summed E-state index contributed by atoms with van der Waals surface area (Å²) in [7, 11) is 0. The number of aromatic nitrogens is 2. The Kier molecular flexibility index (Phi) is 4.42. The van der Waals surface area contributed by atoms with Crippen LogP contribution < -0.4 is 0 Å². The number of thiophene rings is 1. The van der Waals surface area contributed by atoms with E-state index in [0.717, 1.165) is 30.8 Å². The summed E-state index contributed by atoms with van der Waals surface area (Å²) in [5.74, 6) is 7.20. The summed E-state index contributed by atoms with van der Waals surface area (Å²) in [6.07, 6.45) is 5.38. The van der Waals surface area contributed by atoms with Crippen LogP contribution in [0.15, 0.2) is 11.4 Å². The molecule has 0 atom stereocenters. The van der Waals surface area contributed by atoms with Crippen LogP contribution in [-0.4, -0.2) is 21.3 Å². The molecule has 3 nitrogen and oxygen atoms in total. The molecule has 0 spiro atoms. The van der Waals surface area contributed by atoms with Gasteiger partial charge in [0.15, 0.2) is 0 Å². The molecule has 0 unspecified atom stereocenters. The van der Waals surface area contributed by atoms with Crippen molar-refractivity contribution in [2.75, 3.05) is 6.61 Å². The van der Waals surface area contributed by atoms with Gasteiger partial charge < -0.3 is 9.67 Å². The third-order valence-corrected chi connectivity index (χ3v) is 4.78. The monoisotopic (exact) mass is 300 g/mol. The van der Waals surface area contributed by atoms with Crippen LogP contribution in [0.3, 0.4) is 0 Å². The lowest BCUT2D eigenvalue weighted by Gasteiger charge is -2.14. The zero-order valence-electron chi connectivity index (χ0n) is 12.4. The van der Waals surface area contributed by atoms with Crippen molar-refractivity contribution in [3.05, 3.63) is 39.1 Å². The van der Waals surface area contributed by atoms with Gasteiger partial charge in [-0.05, 0) is 38.7 Å². The molecular formula is C17H20N2OS. The Morgan fingerprint density at radius 2 is 2.24 bits per heavy atom. The summed E-state index contributed by atoms with van der Waals surface area (Å²) < 4.78 is 2.37. The van der Waals surface area contributed by atoms with Crippen LogP contribution in [0.2, 0.25) is 0 Å². The highest BCUT2D eigenvalue weighted by atomic mass is 32.1. The van der Waals surface area contributed by atoms with Gasteiger partial charge in [-0.15, -0.1) is 11.3 Å². The molecule has 0 saturated carbocycles. The number of fused-ring (bicyclic) bond motifs is 1. The lowest BCUT2D eigenvalue weighted by atomic mass is 10.0. The molecule has 1 aliphatic rings. The molecule has 0 bridgehead atoms. The smallest absolute Gasteiger partial charge is 0.106 e. The molecule has 0 saturated heterocycles. The van der Waals surface area contributed by atoms with Crippen LogP contribution in [-0.2, 0) is 19.4 Å². The maximum atomic E-state index is 8.75. The summed E-state index contributed by atoms with van der Waals surface area (Å²) in [6, 6.07) is 2.16. The minimum absolute atomic E-state index is 0.129. The average Bonchev–Trinajstić information content (AvgIpc) is 3.05. The van der Waals surface area contributed by atoms with E-state index >= 15 is 0 Å². The minimum atomic E-state index is 0.129. The summed E-state index contributed by atoms with van der Waals surface area (Å²) in [6.45, 7) is 3.14. The highest BCUT2D eigenvalue weighted by Gasteiger charge is 2.18. The van der Waals surface area contributed by atoms with Crippen LogP contribution >= 0.6 is 11.3 Å². The van der Waals surface area contributed by atoms with E-state index in [1.165, 1.54) is 29.1 Å². The van der Waals surface area contributed by atoms with Crippen LogP contribution in [0.1, 0.15) is 46.9 Å². The largest absolute Gasteiger partial charge is 0.395 e. The molecule has 21 heavy (non-hydrogen) atoms. The molecule has 0 fully saturated rings. The Morgan fingerprint density at radius 3 is 3.10 bits per heavy atom. The summed E-state index contributed by atoms with van der Waals surface area (Å²) >= 11 is 1.75. The highest BCUT2D eigenvalue weighted by molar-refractivity contribution is 7.10. The van der Waals surface area contributed by atoms with Crippen molar-refractivity contribution < 1.29 is 5.11 Å². The van der Waals surface area contributed by atoms with Gasteiger partial charge >= 0.3 is 0 Å². The lowest BCUT2D eigenvalue weighted by Crippen LogP contribution is -2.09. The third kappa shape index (κ3) is 3.20. The maximum Gasteiger partial charge on any atom is 0.106 e. The van der Waals surface area contributed by atoms with E-state index in [9.17, 15) is 0 Å². The first-order valence-corrected chi connectivity index (χ1v) is 8.38. The number of hydrogen-bond acceptors (Lipinski definition) is 3. The zero-order chi connectivity index (χ0) is 14.7. The predicted molar refractivity (Wildman–Crippen MR) is 85.6 cm³/mol. The summed E-state index contributed by atoms with van der Waals surface area (Å²) in [5.41, 5.74) is 3.79. The van der Waals surface area contributed by atoms with Gasteiger partial charge in [-0.2, -0.15) is 0 Å². The number of aliphatic hydroxyl groups is 1. The van der Waals surface area contributed by atoms with E-state index in [4.69, 9.17) is 10.1 Å². The van der Waals surface area contributed by atoms with E-state index in [1.54, 1.807) is 11.3 Å². The van der Waals surface area contributed by atoms with E-state index in [1.807, 2.05) is 0 Å². The van der Waals surface area contributed by atoms with Crippen molar-refractivity contribution in [3.8, 4) is 11.8 Å². The molecule has 0 radical (unpaired) electrons. The van der Waals surface area contributed by atoms with Gasteiger partial charge in [-0.3, -0.25) is 0 Å². The fraction of sp³-hybridized carbons (Fsp3) is 0.471. The Bertz CT molecular complexity index is 687. The number of aryl methyl sites for hydroxylation is 2. The molecule has 2 aromatic heterocycles. The molecule has 110 valence electrons. The number of nitrogens with zero attached hydrogens (tertiary/aromatic N) is 2. The van der Waals surface area contributed by atoms with Gasteiger partial charge in [0.05, 0.1) is 18.8 Å². The first kappa shape index (κ1) is 14.4. The van der Waals surface area contributed by atoms with Gasteiger partial charge in [0.25, 0.3) is 0 Å². The number of aliphatic hydroxyl groups excluding tert-OH is 1. The molecule has 0 aromatic carbocycles. The van der Waals surface area contributed by atoms with Gasteiger partial charge in [0, 0.05) is 27.9 Å². The predicted octanol–water partition coefficient (Wildman–Crippen LogP) is 2.91. The topological polar surface area (TPSA) is 38.0 Å². The highest BCUT2D eigenvalue weighted by Crippen LogP contribution is 2.24. The fourth-order valence-electron chi connectivity index (χ4n) is 2.85. The molecule has 1 aliphatic carbocycles. The van der Waals surface area contributed by atoms with E-state index in [2.05, 4.69) is 34.8 Å². The fourth-order valence-corrected chi connectivity index (χ4v) is 3.65. The number of hydrogen-bond donors (Lipinski definition) is 1. The molecule has 2 heterocycles. The molecule has 0 aliphatic heterocycles. The van der Waals surface area contributed by atoms with Crippen LogP contribution in [0.25, 0.3) is 0 Å². The normalized spacial score (nSPS) is 13.6. The quantitative estimate of drug-likeness (QED) is 0.885. The maximum absolute atomic E-state index is 8.75. The Morgan fingerprint density at radius 1 is 1.38 bits per heavy atom. The second kappa shape index (κ2) is 6.46. The molecule has 4 heteroatoms. The van der Waals surface area contributed by atoms with Gasteiger partial charge in [0.1, 0.15) is 5.82 Å². The van der Waals surface area contributed by atoms with Crippen LogP contribution in [0, 0.1) is 18.8 Å². The van der Waals surface area contributed by atoms with E-state index in [-0.39, 0.29) is 6.61 Å². The average molecular weight is 300 g/mol. The number of rotatable bonds is 3. The lowest BCUT2D eigenvalue weighted by molar-refractivity contribution is 0.305. The number of imidazole rings is 1. The third-order valence-electron chi connectivity index (χ3n) is 3.86. The summed E-state index contributed by atoms with van der Waals surface area (Å²) in [4.78, 5) is 6.04. The van der Waals surface area contributed by atoms with Gasteiger partial charge in [-0.25, -0.2) is 4.98 Å². The first-order chi connectivity index (χ1) is 10.3. The zero-order valence-corrected chi connectivity index (χ0v) is 13.2. The second-order valence-corrected chi connectivity index (χ2v) is 6.42. The van der Waals surface area contributed by atoms with Gasteiger partial charge in [0.2, 0.25) is 0 Å². The SMILES string of the molecule is Cc1nc2c(n1Cc1cc(C#CCCO)cs1)CCCC2. The Balaban J connectivity index is 1.78. The standard InChI is InChI=1S/C17H20N2OS/c1-13-18-16-7-2-3-8-17(16)19(13)11-15-10-14(12-21-15)6-4-5-9-20/h10,12,20H,2-3,5,7-9,11H2,1H3. The molecule has 3 rings (SSSR count). The van der Waals surface area contributed by atoms with E-state index in [0.29, 0.717) is 6.42 Å². The van der Waals surface area contributed by atoms with Crippen molar-refractivity contribution in [1.29, 1.82) is 0 Å². The molecule has 1 N–H and O–H groups in total. The van der Waals surface area contributed by atoms with Crippen molar-refractivity contribution in [2.45, 2.75) is 45.6 Å². The molecule has 2 aromatic rings. The minimum Gasteiger partial charge on any atom is -0.395 e. The van der Waals surface area contributed by atoms with Crippen molar-refractivity contribution in [3.63, 3.8) is 0 Å². The van der Waals surface area contributed by atoms with Crippen molar-refractivity contribution in [2.24, 2.45) is 0 Å². The first-order valence-electron chi connectivity index (χ1n) is 7.50. The Labute approximate surface area is 129 Å². The van der Waals surface area contributed by atoms with Crippen LogP contribution in [0.5, 0.6) is 0 Å². The van der Waals surface area contributed by atoms with Gasteiger partial charge in [-0.1, -0.05) is 11.8 Å². The Hall–Kier alpha value is -1.57. The molecule has 0 amide bonds. The summed E-state index contributed by atoms with van der Waals surface area (Å²) in [5, 5.41) is 10.8. The van der Waals surface area contributed by atoms with Crippen molar-refractivity contribution >= 4 is 11.3 Å². The second-order valence-electron chi connectivity index (χ2n) is 5.42. The van der Waals surface area contributed by atoms with Crippen LogP contribution in [0.4, 0.5) is 0 Å².